The van der Waals surface area contributed by atoms with Crippen LogP contribution in [0.3, 0.4) is 0 Å². The summed E-state index contributed by atoms with van der Waals surface area (Å²) in [4.78, 5) is 24.3. The topological polar surface area (TPSA) is 58.6 Å². The van der Waals surface area contributed by atoms with Crippen molar-refractivity contribution in [2.24, 2.45) is 0 Å². The fourth-order valence-electron chi connectivity index (χ4n) is 3.51. The van der Waals surface area contributed by atoms with Crippen LogP contribution in [0.4, 0.5) is 5.95 Å². The van der Waals surface area contributed by atoms with Crippen LogP contribution >= 0.6 is 0 Å². The van der Waals surface area contributed by atoms with Gasteiger partial charge in [0.1, 0.15) is 0 Å². The molecule has 2 saturated heterocycles. The van der Waals surface area contributed by atoms with Crippen molar-refractivity contribution >= 4 is 11.9 Å². The minimum absolute atomic E-state index is 0.0854. The quantitative estimate of drug-likeness (QED) is 0.828. The zero-order chi connectivity index (χ0) is 15.6. The molecular formula is C16H24N4O2. The highest BCUT2D eigenvalue weighted by atomic mass is 16.5. The third-order valence-electron chi connectivity index (χ3n) is 5.02. The molecule has 1 atom stereocenters. The number of ether oxygens (including phenoxy) is 1. The first-order chi connectivity index (χ1) is 10.6. The normalized spacial score (nSPS) is 24.3. The van der Waals surface area contributed by atoms with Gasteiger partial charge >= 0.3 is 0 Å². The SMILES string of the molecule is CC(=O)N(C)[C@H]1CCOC2(CCN(c3ncccn3)CC2)C1. The van der Waals surface area contributed by atoms with E-state index in [1.165, 1.54) is 0 Å². The van der Waals surface area contributed by atoms with Crippen molar-refractivity contribution in [1.82, 2.24) is 14.9 Å². The van der Waals surface area contributed by atoms with E-state index >= 15 is 0 Å². The molecule has 2 aliphatic heterocycles. The Morgan fingerprint density at radius 3 is 2.68 bits per heavy atom. The number of hydrogen-bond acceptors (Lipinski definition) is 5. The number of rotatable bonds is 2. The van der Waals surface area contributed by atoms with Crippen LogP contribution in [-0.4, -0.2) is 59.2 Å². The standard InChI is InChI=1S/C16H24N4O2/c1-13(21)19(2)14-4-11-22-16(12-14)5-9-20(10-6-16)15-17-7-3-8-18-15/h3,7-8,14H,4-6,9-12H2,1-2H3/t14-/m0/s1. The Kier molecular flexibility index (Phi) is 4.29. The first-order valence-corrected chi connectivity index (χ1v) is 7.99. The number of carbonyl (C=O) groups is 1. The Hall–Kier alpha value is -1.69. The summed E-state index contributed by atoms with van der Waals surface area (Å²) in [6.45, 7) is 4.18. The van der Waals surface area contributed by atoms with Crippen molar-refractivity contribution in [3.63, 3.8) is 0 Å². The van der Waals surface area contributed by atoms with Gasteiger partial charge in [-0.3, -0.25) is 4.79 Å². The van der Waals surface area contributed by atoms with Gasteiger partial charge in [-0.15, -0.1) is 0 Å². The van der Waals surface area contributed by atoms with Crippen LogP contribution in [0.1, 0.15) is 32.6 Å². The first-order valence-electron chi connectivity index (χ1n) is 7.99. The number of amides is 1. The number of anilines is 1. The molecule has 0 unspecified atom stereocenters. The average Bonchev–Trinajstić information content (AvgIpc) is 2.56. The fraction of sp³-hybridized carbons (Fsp3) is 0.688. The van der Waals surface area contributed by atoms with Crippen LogP contribution in [0.15, 0.2) is 18.5 Å². The van der Waals surface area contributed by atoms with Gasteiger partial charge in [0.15, 0.2) is 0 Å². The molecule has 1 spiro atoms. The van der Waals surface area contributed by atoms with E-state index < -0.39 is 0 Å². The van der Waals surface area contributed by atoms with Gasteiger partial charge in [0.25, 0.3) is 0 Å². The molecule has 6 nitrogen and oxygen atoms in total. The summed E-state index contributed by atoms with van der Waals surface area (Å²) in [5.41, 5.74) is -0.0854. The van der Waals surface area contributed by atoms with Gasteiger partial charge in [0.05, 0.1) is 5.60 Å². The van der Waals surface area contributed by atoms with Crippen LogP contribution in [0.25, 0.3) is 0 Å². The van der Waals surface area contributed by atoms with E-state index in [9.17, 15) is 4.79 Å². The highest BCUT2D eigenvalue weighted by Crippen LogP contribution is 2.37. The minimum Gasteiger partial charge on any atom is -0.375 e. The van der Waals surface area contributed by atoms with Crippen molar-refractivity contribution in [1.29, 1.82) is 0 Å². The molecule has 0 N–H and O–H groups in total. The van der Waals surface area contributed by atoms with Gasteiger partial charge in [0.2, 0.25) is 11.9 Å². The predicted molar refractivity (Wildman–Crippen MR) is 83.6 cm³/mol. The Morgan fingerprint density at radius 1 is 1.36 bits per heavy atom. The Bertz CT molecular complexity index is 514. The Morgan fingerprint density at radius 2 is 2.05 bits per heavy atom. The molecule has 2 fully saturated rings. The van der Waals surface area contributed by atoms with E-state index in [1.807, 2.05) is 18.0 Å². The molecule has 6 heteroatoms. The molecule has 120 valence electrons. The van der Waals surface area contributed by atoms with Gasteiger partial charge in [-0.1, -0.05) is 0 Å². The average molecular weight is 304 g/mol. The Labute approximate surface area is 131 Å². The van der Waals surface area contributed by atoms with Gasteiger partial charge in [-0.05, 0) is 31.7 Å². The lowest BCUT2D eigenvalue weighted by Gasteiger charge is -2.47. The smallest absolute Gasteiger partial charge is 0.225 e. The summed E-state index contributed by atoms with van der Waals surface area (Å²) in [6, 6.07) is 2.13. The van der Waals surface area contributed by atoms with Gasteiger partial charge in [-0.25, -0.2) is 9.97 Å². The summed E-state index contributed by atoms with van der Waals surface area (Å²) in [5, 5.41) is 0. The number of carbonyl (C=O) groups excluding carboxylic acids is 1. The highest BCUT2D eigenvalue weighted by molar-refractivity contribution is 5.73. The largest absolute Gasteiger partial charge is 0.375 e. The molecule has 0 bridgehead atoms. The second-order valence-electron chi connectivity index (χ2n) is 6.34. The Balaban J connectivity index is 1.63. The maximum absolute atomic E-state index is 11.6. The summed E-state index contributed by atoms with van der Waals surface area (Å²) in [7, 11) is 1.90. The van der Waals surface area contributed by atoms with E-state index in [0.717, 1.165) is 51.3 Å². The van der Waals surface area contributed by atoms with Crippen LogP contribution in [0.5, 0.6) is 0 Å². The number of nitrogens with zero attached hydrogens (tertiary/aromatic N) is 4. The molecule has 1 amide bonds. The van der Waals surface area contributed by atoms with E-state index in [1.54, 1.807) is 19.3 Å². The van der Waals surface area contributed by atoms with Crippen molar-refractivity contribution in [2.45, 2.75) is 44.2 Å². The first kappa shape index (κ1) is 15.2. The predicted octanol–water partition coefficient (Wildman–Crippen LogP) is 1.47. The zero-order valence-corrected chi connectivity index (χ0v) is 13.4. The van der Waals surface area contributed by atoms with Crippen LogP contribution in [-0.2, 0) is 9.53 Å². The molecule has 0 aliphatic carbocycles. The van der Waals surface area contributed by atoms with Crippen LogP contribution < -0.4 is 4.90 Å². The van der Waals surface area contributed by atoms with Crippen molar-refractivity contribution in [3.8, 4) is 0 Å². The molecule has 3 heterocycles. The lowest BCUT2D eigenvalue weighted by atomic mass is 9.82. The molecule has 0 aromatic carbocycles. The number of piperidine rings is 1. The monoisotopic (exact) mass is 304 g/mol. The molecule has 2 aliphatic rings. The summed E-state index contributed by atoms with van der Waals surface area (Å²) >= 11 is 0. The molecule has 3 rings (SSSR count). The number of aromatic nitrogens is 2. The molecule has 1 aromatic heterocycles. The van der Waals surface area contributed by atoms with E-state index in [4.69, 9.17) is 4.74 Å². The van der Waals surface area contributed by atoms with Crippen LogP contribution in [0, 0.1) is 0 Å². The van der Waals surface area contributed by atoms with Crippen LogP contribution in [0.2, 0.25) is 0 Å². The lowest BCUT2D eigenvalue weighted by molar-refractivity contribution is -0.141. The van der Waals surface area contributed by atoms with Gasteiger partial charge < -0.3 is 14.5 Å². The minimum atomic E-state index is -0.0854. The third kappa shape index (κ3) is 3.06. The van der Waals surface area contributed by atoms with Crippen molar-refractivity contribution in [2.75, 3.05) is 31.6 Å². The lowest BCUT2D eigenvalue weighted by Crippen LogP contribution is -2.54. The van der Waals surface area contributed by atoms with Gasteiger partial charge in [0, 0.05) is 52.1 Å². The van der Waals surface area contributed by atoms with E-state index in [0.29, 0.717) is 6.04 Å². The highest BCUT2D eigenvalue weighted by Gasteiger charge is 2.42. The molecule has 1 aromatic rings. The summed E-state index contributed by atoms with van der Waals surface area (Å²) < 4.78 is 6.15. The maximum Gasteiger partial charge on any atom is 0.225 e. The molecule has 22 heavy (non-hydrogen) atoms. The van der Waals surface area contributed by atoms with E-state index in [-0.39, 0.29) is 11.5 Å². The van der Waals surface area contributed by atoms with Crippen molar-refractivity contribution < 1.29 is 9.53 Å². The second-order valence-corrected chi connectivity index (χ2v) is 6.34. The second kappa shape index (κ2) is 6.20. The molecule has 0 saturated carbocycles. The fourth-order valence-corrected chi connectivity index (χ4v) is 3.51. The molecular weight excluding hydrogens is 280 g/mol. The zero-order valence-electron chi connectivity index (χ0n) is 13.4. The summed E-state index contributed by atoms with van der Waals surface area (Å²) in [5.74, 6) is 0.933. The van der Waals surface area contributed by atoms with Crippen molar-refractivity contribution in [3.05, 3.63) is 18.5 Å². The maximum atomic E-state index is 11.6. The van der Waals surface area contributed by atoms with Gasteiger partial charge in [-0.2, -0.15) is 0 Å². The van der Waals surface area contributed by atoms with E-state index in [2.05, 4.69) is 14.9 Å². The molecule has 0 radical (unpaired) electrons. The summed E-state index contributed by atoms with van der Waals surface area (Å²) in [6.07, 6.45) is 7.36. The number of hydrogen-bond donors (Lipinski definition) is 0. The third-order valence-corrected chi connectivity index (χ3v) is 5.02.